The fraction of sp³-hybridized carbons (Fsp3) is 0.400. The number of carbonyl (C=O) groups is 1. The second-order valence-corrected chi connectivity index (χ2v) is 3.02. The molecule has 0 atom stereocenters. The fourth-order valence-electron chi connectivity index (χ4n) is 1.27. The zero-order chi connectivity index (χ0) is 10.6. The molecule has 14 heavy (non-hydrogen) atoms. The summed E-state index contributed by atoms with van der Waals surface area (Å²) in [6.45, 7) is 2.49. The Hall–Kier alpha value is -1.58. The number of aryl methyl sites for hydroxylation is 2. The van der Waals surface area contributed by atoms with Crippen LogP contribution in [-0.2, 0) is 17.8 Å². The summed E-state index contributed by atoms with van der Waals surface area (Å²) in [6, 6.07) is 3.44. The van der Waals surface area contributed by atoms with Crippen LogP contribution in [0.1, 0.15) is 18.9 Å². The Balaban J connectivity index is 2.87. The predicted octanol–water partition coefficient (Wildman–Crippen LogP) is 0.885. The van der Waals surface area contributed by atoms with Crippen molar-refractivity contribution in [3.8, 4) is 0 Å². The van der Waals surface area contributed by atoms with Crippen molar-refractivity contribution in [3.05, 3.63) is 34.2 Å². The van der Waals surface area contributed by atoms with Gasteiger partial charge >= 0.3 is 5.97 Å². The highest BCUT2D eigenvalue weighted by Crippen LogP contribution is 1.97. The van der Waals surface area contributed by atoms with Crippen molar-refractivity contribution in [3.63, 3.8) is 0 Å². The number of pyridine rings is 1. The van der Waals surface area contributed by atoms with Crippen LogP contribution in [0.15, 0.2) is 23.1 Å². The highest BCUT2D eigenvalue weighted by molar-refractivity contribution is 5.67. The molecule has 1 N–H and O–H groups in total. The molecule has 4 heteroatoms. The molecule has 1 rings (SSSR count). The van der Waals surface area contributed by atoms with E-state index in [2.05, 4.69) is 0 Å². The molecular weight excluding hydrogens is 182 g/mol. The monoisotopic (exact) mass is 195 g/mol. The van der Waals surface area contributed by atoms with E-state index in [0.29, 0.717) is 18.5 Å². The first-order chi connectivity index (χ1) is 6.65. The first kappa shape index (κ1) is 10.5. The molecule has 0 spiro atoms. The third kappa shape index (κ3) is 2.45. The number of nitrogens with zero attached hydrogens (tertiary/aromatic N) is 1. The first-order valence-corrected chi connectivity index (χ1v) is 4.55. The molecule has 0 saturated carbocycles. The van der Waals surface area contributed by atoms with Crippen LogP contribution >= 0.6 is 0 Å². The largest absolute Gasteiger partial charge is 0.481 e. The van der Waals surface area contributed by atoms with Gasteiger partial charge in [-0.2, -0.15) is 0 Å². The fourth-order valence-corrected chi connectivity index (χ4v) is 1.27. The third-order valence-corrected chi connectivity index (χ3v) is 2.05. The molecule has 0 bridgehead atoms. The summed E-state index contributed by atoms with van der Waals surface area (Å²) >= 11 is 0. The van der Waals surface area contributed by atoms with Crippen LogP contribution in [0.2, 0.25) is 0 Å². The molecule has 0 unspecified atom stereocenters. The first-order valence-electron chi connectivity index (χ1n) is 4.55. The third-order valence-electron chi connectivity index (χ3n) is 2.05. The van der Waals surface area contributed by atoms with E-state index < -0.39 is 5.97 Å². The molecule has 4 nitrogen and oxygen atoms in total. The molecular formula is C10H13NO3. The number of carboxylic acid groups (broad SMARTS) is 1. The van der Waals surface area contributed by atoms with Gasteiger partial charge in [0.1, 0.15) is 0 Å². The van der Waals surface area contributed by atoms with E-state index in [-0.39, 0.29) is 12.0 Å². The molecule has 0 aliphatic heterocycles. The van der Waals surface area contributed by atoms with Gasteiger partial charge in [-0.15, -0.1) is 0 Å². The number of rotatable bonds is 4. The number of aliphatic carboxylic acids is 1. The summed E-state index contributed by atoms with van der Waals surface area (Å²) in [4.78, 5) is 21.9. The molecule has 1 aromatic heterocycles. The van der Waals surface area contributed by atoms with Crippen molar-refractivity contribution >= 4 is 5.97 Å². The smallest absolute Gasteiger partial charge is 0.303 e. The molecule has 0 aliphatic carbocycles. The van der Waals surface area contributed by atoms with E-state index in [0.717, 1.165) is 0 Å². The maximum Gasteiger partial charge on any atom is 0.303 e. The van der Waals surface area contributed by atoms with Crippen LogP contribution in [-0.4, -0.2) is 15.6 Å². The molecule has 0 saturated heterocycles. The van der Waals surface area contributed by atoms with Gasteiger partial charge in [-0.3, -0.25) is 9.59 Å². The Morgan fingerprint density at radius 2 is 2.29 bits per heavy atom. The molecule has 0 aliphatic rings. The average Bonchev–Trinajstić information content (AvgIpc) is 2.16. The van der Waals surface area contributed by atoms with Crippen molar-refractivity contribution in [1.29, 1.82) is 0 Å². The van der Waals surface area contributed by atoms with Crippen molar-refractivity contribution in [2.45, 2.75) is 26.3 Å². The Morgan fingerprint density at radius 3 is 2.86 bits per heavy atom. The number of hydrogen-bond acceptors (Lipinski definition) is 2. The average molecular weight is 195 g/mol. The minimum atomic E-state index is -0.878. The van der Waals surface area contributed by atoms with E-state index in [4.69, 9.17) is 5.11 Å². The quantitative estimate of drug-likeness (QED) is 0.776. The number of hydrogen-bond donors (Lipinski definition) is 1. The van der Waals surface area contributed by atoms with E-state index in [9.17, 15) is 9.59 Å². The van der Waals surface area contributed by atoms with Crippen molar-refractivity contribution in [1.82, 2.24) is 4.57 Å². The van der Waals surface area contributed by atoms with Crippen molar-refractivity contribution < 1.29 is 9.90 Å². The summed E-state index contributed by atoms with van der Waals surface area (Å²) < 4.78 is 1.57. The van der Waals surface area contributed by atoms with Gasteiger partial charge in [0.05, 0.1) is 0 Å². The van der Waals surface area contributed by atoms with E-state index in [1.807, 2.05) is 6.92 Å². The van der Waals surface area contributed by atoms with Crippen LogP contribution < -0.4 is 5.56 Å². The van der Waals surface area contributed by atoms with Gasteiger partial charge in [-0.1, -0.05) is 6.07 Å². The molecule has 0 amide bonds. The number of carboxylic acids is 1. The van der Waals surface area contributed by atoms with Gasteiger partial charge in [0.2, 0.25) is 0 Å². The zero-order valence-electron chi connectivity index (χ0n) is 8.06. The van der Waals surface area contributed by atoms with Gasteiger partial charge < -0.3 is 9.67 Å². The summed E-state index contributed by atoms with van der Waals surface area (Å²) in [6.07, 6.45) is 2.00. The molecule has 0 aromatic carbocycles. The van der Waals surface area contributed by atoms with Gasteiger partial charge in [0.25, 0.3) is 5.56 Å². The SMILES string of the molecule is CCn1cccc(CCC(=O)O)c1=O. The van der Waals surface area contributed by atoms with E-state index in [1.165, 1.54) is 0 Å². The van der Waals surface area contributed by atoms with Gasteiger partial charge in [0.15, 0.2) is 0 Å². The molecule has 0 fully saturated rings. The van der Waals surface area contributed by atoms with Gasteiger partial charge in [0, 0.05) is 24.7 Å². The molecule has 76 valence electrons. The van der Waals surface area contributed by atoms with Crippen molar-refractivity contribution in [2.75, 3.05) is 0 Å². The summed E-state index contributed by atoms with van der Waals surface area (Å²) in [5.74, 6) is -0.878. The minimum Gasteiger partial charge on any atom is -0.481 e. The summed E-state index contributed by atoms with van der Waals surface area (Å²) in [5, 5.41) is 8.48. The minimum absolute atomic E-state index is 0.00294. The maximum atomic E-state index is 11.6. The second-order valence-electron chi connectivity index (χ2n) is 3.02. The lowest BCUT2D eigenvalue weighted by Gasteiger charge is -2.03. The Bertz CT molecular complexity index is 381. The van der Waals surface area contributed by atoms with E-state index in [1.54, 1.807) is 22.9 Å². The zero-order valence-corrected chi connectivity index (χ0v) is 8.06. The van der Waals surface area contributed by atoms with E-state index >= 15 is 0 Å². The molecule has 0 radical (unpaired) electrons. The standard InChI is InChI=1S/C10H13NO3/c1-2-11-7-3-4-8(10(11)14)5-6-9(12)13/h3-4,7H,2,5-6H2,1H3,(H,12,13). The Morgan fingerprint density at radius 1 is 1.57 bits per heavy atom. The van der Waals surface area contributed by atoms with Crippen LogP contribution in [0.5, 0.6) is 0 Å². The van der Waals surface area contributed by atoms with Gasteiger partial charge in [-0.05, 0) is 19.4 Å². The Kier molecular flexibility index (Phi) is 3.45. The number of aromatic nitrogens is 1. The predicted molar refractivity (Wildman–Crippen MR) is 52.3 cm³/mol. The normalized spacial score (nSPS) is 10.1. The highest BCUT2D eigenvalue weighted by atomic mass is 16.4. The lowest BCUT2D eigenvalue weighted by Crippen LogP contribution is -2.22. The van der Waals surface area contributed by atoms with Crippen molar-refractivity contribution in [2.24, 2.45) is 0 Å². The lowest BCUT2D eigenvalue weighted by atomic mass is 10.1. The molecule has 1 heterocycles. The summed E-state index contributed by atoms with van der Waals surface area (Å²) in [7, 11) is 0. The Labute approximate surface area is 81.8 Å². The van der Waals surface area contributed by atoms with Gasteiger partial charge in [-0.25, -0.2) is 0 Å². The van der Waals surface area contributed by atoms with Crippen LogP contribution in [0.25, 0.3) is 0 Å². The van der Waals surface area contributed by atoms with Crippen LogP contribution in [0.3, 0.4) is 0 Å². The van der Waals surface area contributed by atoms with Crippen LogP contribution in [0, 0.1) is 0 Å². The topological polar surface area (TPSA) is 59.3 Å². The van der Waals surface area contributed by atoms with Crippen LogP contribution in [0.4, 0.5) is 0 Å². The highest BCUT2D eigenvalue weighted by Gasteiger charge is 2.04. The molecule has 1 aromatic rings. The maximum absolute atomic E-state index is 11.6. The second kappa shape index (κ2) is 4.60. The summed E-state index contributed by atoms with van der Waals surface area (Å²) in [5.41, 5.74) is 0.480. The lowest BCUT2D eigenvalue weighted by molar-refractivity contribution is -0.136.